The van der Waals surface area contributed by atoms with Gasteiger partial charge in [-0.15, -0.1) is 0 Å². The average molecular weight is 459 g/mol. The maximum atomic E-state index is 12.9. The third-order valence-electron chi connectivity index (χ3n) is 7.07. The lowest BCUT2D eigenvalue weighted by Gasteiger charge is -2.33. The molecule has 2 aliphatic rings. The number of carbonyl (C=O) groups excluding carboxylic acids is 2. The van der Waals surface area contributed by atoms with Gasteiger partial charge >= 0.3 is 0 Å². The molecule has 2 amide bonds. The Balaban J connectivity index is 1.16. The molecule has 0 radical (unpaired) electrons. The van der Waals surface area contributed by atoms with Crippen LogP contribution in [0, 0.1) is 5.92 Å². The van der Waals surface area contributed by atoms with Crippen molar-refractivity contribution in [1.82, 2.24) is 20.1 Å². The molecule has 0 spiro atoms. The molecule has 7 heteroatoms. The van der Waals surface area contributed by atoms with Crippen molar-refractivity contribution in [2.75, 3.05) is 32.7 Å². The van der Waals surface area contributed by atoms with Gasteiger partial charge < -0.3 is 20.1 Å². The van der Waals surface area contributed by atoms with Crippen molar-refractivity contribution in [3.05, 3.63) is 35.0 Å². The van der Waals surface area contributed by atoms with E-state index in [1.807, 2.05) is 29.2 Å². The summed E-state index contributed by atoms with van der Waals surface area (Å²) in [6.45, 7) is 6.71. The van der Waals surface area contributed by atoms with E-state index in [4.69, 9.17) is 11.6 Å². The Labute approximate surface area is 195 Å². The lowest BCUT2D eigenvalue weighted by atomic mass is 9.93. The molecule has 1 aromatic carbocycles. The summed E-state index contributed by atoms with van der Waals surface area (Å²) in [5.74, 6) is 0.517. The maximum Gasteiger partial charge on any atom is 0.270 e. The van der Waals surface area contributed by atoms with Gasteiger partial charge in [-0.05, 0) is 75.8 Å². The molecule has 2 N–H and O–H groups in total. The topological polar surface area (TPSA) is 68.4 Å². The molecule has 0 saturated carbocycles. The van der Waals surface area contributed by atoms with E-state index in [0.717, 1.165) is 43.3 Å². The number of amides is 2. The fraction of sp³-hybridized carbons (Fsp3) is 0.600. The van der Waals surface area contributed by atoms with Crippen LogP contribution in [0.1, 0.15) is 62.4 Å². The number of rotatable bonds is 7. The maximum absolute atomic E-state index is 12.9. The van der Waals surface area contributed by atoms with Gasteiger partial charge in [0.1, 0.15) is 5.69 Å². The molecule has 0 bridgehead atoms. The van der Waals surface area contributed by atoms with Crippen LogP contribution < -0.4 is 5.32 Å². The molecule has 3 heterocycles. The summed E-state index contributed by atoms with van der Waals surface area (Å²) in [5, 5.41) is 4.71. The van der Waals surface area contributed by atoms with Gasteiger partial charge in [0.25, 0.3) is 5.91 Å². The molecular formula is C25H35ClN4O2. The summed E-state index contributed by atoms with van der Waals surface area (Å²) in [6, 6.07) is 8.12. The second-order valence-corrected chi connectivity index (χ2v) is 9.87. The summed E-state index contributed by atoms with van der Waals surface area (Å²) < 4.78 is 0. The largest absolute Gasteiger partial charge is 0.356 e. The van der Waals surface area contributed by atoms with Crippen molar-refractivity contribution in [3.8, 4) is 0 Å². The minimum Gasteiger partial charge on any atom is -0.356 e. The number of benzene rings is 1. The second kappa shape index (κ2) is 10.7. The van der Waals surface area contributed by atoms with Crippen molar-refractivity contribution in [2.45, 2.75) is 57.9 Å². The van der Waals surface area contributed by atoms with E-state index in [0.29, 0.717) is 42.2 Å². The fourth-order valence-electron chi connectivity index (χ4n) is 5.06. The van der Waals surface area contributed by atoms with Crippen LogP contribution in [0.25, 0.3) is 10.9 Å². The average Bonchev–Trinajstić information content (AvgIpc) is 3.21. The van der Waals surface area contributed by atoms with Gasteiger partial charge in [0, 0.05) is 54.6 Å². The van der Waals surface area contributed by atoms with E-state index in [2.05, 4.69) is 22.1 Å². The van der Waals surface area contributed by atoms with E-state index in [1.54, 1.807) is 0 Å². The zero-order chi connectivity index (χ0) is 22.5. The van der Waals surface area contributed by atoms with Gasteiger partial charge in [-0.2, -0.15) is 0 Å². The van der Waals surface area contributed by atoms with Gasteiger partial charge in [-0.3, -0.25) is 9.59 Å². The lowest BCUT2D eigenvalue weighted by Crippen LogP contribution is -2.40. The number of aromatic nitrogens is 1. The molecule has 1 unspecified atom stereocenters. The van der Waals surface area contributed by atoms with Crippen LogP contribution in [0.2, 0.25) is 5.02 Å². The predicted molar refractivity (Wildman–Crippen MR) is 129 cm³/mol. The molecule has 2 aliphatic heterocycles. The first-order valence-corrected chi connectivity index (χ1v) is 12.5. The highest BCUT2D eigenvalue weighted by Crippen LogP contribution is 2.24. The number of halogens is 1. The molecular weight excluding hydrogens is 424 g/mol. The number of hydrogen-bond donors (Lipinski definition) is 2. The van der Waals surface area contributed by atoms with E-state index in [1.165, 1.54) is 25.8 Å². The number of carbonyl (C=O) groups is 2. The molecule has 6 nitrogen and oxygen atoms in total. The summed E-state index contributed by atoms with van der Waals surface area (Å²) in [5.41, 5.74) is 1.51. The van der Waals surface area contributed by atoms with Gasteiger partial charge in [0.2, 0.25) is 5.91 Å². The predicted octanol–water partition coefficient (Wildman–Crippen LogP) is 4.44. The standard InChI is InChI=1S/C25H35ClN4O2/c1-18-5-2-3-11-29(18)12-4-10-27-24(31)15-19-8-13-30(14-9-19)25(32)23-17-20-16-21(26)6-7-22(20)28-23/h6-7,16-19,28H,2-5,8-15H2,1H3,(H,27,31). The Morgan fingerprint density at radius 2 is 1.94 bits per heavy atom. The summed E-state index contributed by atoms with van der Waals surface area (Å²) in [4.78, 5) is 32.9. The number of fused-ring (bicyclic) bond motifs is 1. The van der Waals surface area contributed by atoms with Crippen molar-refractivity contribution in [3.63, 3.8) is 0 Å². The van der Waals surface area contributed by atoms with Crippen LogP contribution in [0.3, 0.4) is 0 Å². The van der Waals surface area contributed by atoms with E-state index in [-0.39, 0.29) is 11.8 Å². The van der Waals surface area contributed by atoms with Crippen molar-refractivity contribution < 1.29 is 9.59 Å². The number of likely N-dealkylation sites (tertiary alicyclic amines) is 2. The SMILES string of the molecule is CC1CCCCN1CCCNC(=O)CC1CCN(C(=O)c2cc3cc(Cl)ccc3[nH]2)CC1. The minimum atomic E-state index is 0.0205. The van der Waals surface area contributed by atoms with Gasteiger partial charge in [-0.25, -0.2) is 0 Å². The zero-order valence-electron chi connectivity index (χ0n) is 19.0. The van der Waals surface area contributed by atoms with Crippen LogP contribution in [-0.2, 0) is 4.79 Å². The zero-order valence-corrected chi connectivity index (χ0v) is 19.8. The molecule has 4 rings (SSSR count). The number of nitrogens with one attached hydrogen (secondary N) is 2. The molecule has 32 heavy (non-hydrogen) atoms. The molecule has 2 aromatic rings. The lowest BCUT2D eigenvalue weighted by molar-refractivity contribution is -0.122. The molecule has 1 aromatic heterocycles. The summed E-state index contributed by atoms with van der Waals surface area (Å²) in [7, 11) is 0. The van der Waals surface area contributed by atoms with Crippen molar-refractivity contribution in [1.29, 1.82) is 0 Å². The molecule has 2 fully saturated rings. The minimum absolute atomic E-state index is 0.0205. The number of aromatic amines is 1. The molecule has 0 aliphatic carbocycles. The number of hydrogen-bond acceptors (Lipinski definition) is 3. The highest BCUT2D eigenvalue weighted by molar-refractivity contribution is 6.31. The Morgan fingerprint density at radius 3 is 2.72 bits per heavy atom. The highest BCUT2D eigenvalue weighted by Gasteiger charge is 2.26. The van der Waals surface area contributed by atoms with Crippen LogP contribution in [0.15, 0.2) is 24.3 Å². The quantitative estimate of drug-likeness (QED) is 0.602. The Morgan fingerprint density at radius 1 is 1.12 bits per heavy atom. The monoisotopic (exact) mass is 458 g/mol. The van der Waals surface area contributed by atoms with Gasteiger partial charge in [-0.1, -0.05) is 18.0 Å². The number of nitrogens with zero attached hydrogens (tertiary/aromatic N) is 2. The second-order valence-electron chi connectivity index (χ2n) is 9.44. The van der Waals surface area contributed by atoms with Crippen LogP contribution in [0.5, 0.6) is 0 Å². The van der Waals surface area contributed by atoms with Crippen molar-refractivity contribution in [2.24, 2.45) is 5.92 Å². The first-order chi connectivity index (χ1) is 15.5. The molecule has 2 saturated heterocycles. The third kappa shape index (κ3) is 5.84. The first kappa shape index (κ1) is 23.1. The number of H-pyrrole nitrogens is 1. The Hall–Kier alpha value is -2.05. The third-order valence-corrected chi connectivity index (χ3v) is 7.31. The van der Waals surface area contributed by atoms with E-state index >= 15 is 0 Å². The van der Waals surface area contributed by atoms with Gasteiger partial charge in [0.15, 0.2) is 0 Å². The van der Waals surface area contributed by atoms with Crippen molar-refractivity contribution >= 4 is 34.3 Å². The summed E-state index contributed by atoms with van der Waals surface area (Å²) in [6.07, 6.45) is 7.25. The van der Waals surface area contributed by atoms with E-state index < -0.39 is 0 Å². The normalized spacial score (nSPS) is 20.6. The van der Waals surface area contributed by atoms with Crippen LogP contribution in [0.4, 0.5) is 0 Å². The smallest absolute Gasteiger partial charge is 0.270 e. The van der Waals surface area contributed by atoms with Gasteiger partial charge in [0.05, 0.1) is 0 Å². The highest BCUT2D eigenvalue weighted by atomic mass is 35.5. The fourth-order valence-corrected chi connectivity index (χ4v) is 5.24. The van der Waals surface area contributed by atoms with E-state index in [9.17, 15) is 9.59 Å². The Bertz CT molecular complexity index is 935. The molecule has 1 atom stereocenters. The first-order valence-electron chi connectivity index (χ1n) is 12.1. The van der Waals surface area contributed by atoms with Crippen LogP contribution in [-0.4, -0.2) is 65.4 Å². The Kier molecular flexibility index (Phi) is 7.74. The molecule has 174 valence electrons. The van der Waals surface area contributed by atoms with Crippen LogP contribution >= 0.6 is 11.6 Å². The summed E-state index contributed by atoms with van der Waals surface area (Å²) >= 11 is 6.05. The number of piperidine rings is 2.